The lowest BCUT2D eigenvalue weighted by atomic mass is 9.49. The number of nitrogens with zero attached hydrogens (tertiary/aromatic N) is 5. The minimum Gasteiger partial charge on any atom is -0.494 e. The summed E-state index contributed by atoms with van der Waals surface area (Å²) >= 11 is 0. The molecule has 10 fully saturated rings. The molecule has 3 aromatic rings. The van der Waals surface area contributed by atoms with E-state index in [1.54, 1.807) is 13.2 Å². The first kappa shape index (κ1) is 47.2. The van der Waals surface area contributed by atoms with Gasteiger partial charge < -0.3 is 25.6 Å². The van der Waals surface area contributed by atoms with E-state index in [9.17, 15) is 14.4 Å². The molecule has 10 aliphatic rings. The van der Waals surface area contributed by atoms with Crippen LogP contribution in [0.3, 0.4) is 0 Å². The molecule has 374 valence electrons. The molecule has 1 aromatic carbocycles. The second kappa shape index (κ2) is 19.8. The van der Waals surface area contributed by atoms with Crippen molar-refractivity contribution >= 4 is 40.2 Å². The normalized spacial score (nSPS) is 31.1. The fraction of sp³-hybridized carbons (Fsp3) is 0.737. The average molecular weight is 943 g/mol. The summed E-state index contributed by atoms with van der Waals surface area (Å²) in [5.41, 5.74) is 3.22. The summed E-state index contributed by atoms with van der Waals surface area (Å²) in [5, 5.41) is 11.2. The van der Waals surface area contributed by atoms with E-state index in [-0.39, 0.29) is 28.5 Å². The number of fused-ring (bicyclic) bond motifs is 1. The van der Waals surface area contributed by atoms with E-state index in [4.69, 9.17) is 14.7 Å². The number of aryl methyl sites for hydroxylation is 1. The molecule has 2 atom stereocenters. The molecular weight excluding hydrogens is 861 g/mol. The Morgan fingerprint density at radius 1 is 0.768 bits per heavy atom. The Bertz CT molecular complexity index is 2350. The fourth-order valence-corrected chi connectivity index (χ4v) is 16.4. The van der Waals surface area contributed by atoms with Gasteiger partial charge in [0.25, 0.3) is 5.56 Å². The zero-order chi connectivity index (χ0) is 47.2. The Labute approximate surface area is 411 Å². The lowest BCUT2D eigenvalue weighted by Gasteiger charge is -2.62. The van der Waals surface area contributed by atoms with Crippen molar-refractivity contribution in [3.63, 3.8) is 0 Å². The van der Waals surface area contributed by atoms with Crippen molar-refractivity contribution in [3.05, 3.63) is 46.4 Å². The number of aromatic nitrogens is 3. The predicted octanol–water partition coefficient (Wildman–Crippen LogP) is 10.2. The van der Waals surface area contributed by atoms with E-state index < -0.39 is 0 Å². The lowest BCUT2D eigenvalue weighted by Crippen LogP contribution is -2.67. The Morgan fingerprint density at radius 2 is 1.41 bits per heavy atom. The number of hydrogen-bond acceptors (Lipinski definition) is 9. The van der Waals surface area contributed by atoms with Crippen LogP contribution in [-0.2, 0) is 15.1 Å². The van der Waals surface area contributed by atoms with Crippen molar-refractivity contribution < 1.29 is 14.3 Å². The highest BCUT2D eigenvalue weighted by Crippen LogP contribution is 2.62. The minimum atomic E-state index is -0.379. The number of unbranched alkanes of at least 4 members (excludes halogenated alkanes) is 9. The number of rotatable bonds is 22. The number of benzene rings is 1. The SMILES string of the molecule is COc1cc(N2CCN(CCCCCCCCCCCCNC(=O)CC34CC5CC(CC(C5)C3)C4)CC2)ccc1Nc1ncc2c(C)cc(=O)n(C34CC5CC(CC(NC(=O)C6CC6)(C5)C3)C4)c2n1. The quantitative estimate of drug-likeness (QED) is 0.0842. The summed E-state index contributed by atoms with van der Waals surface area (Å²) in [6.45, 7) is 8.13. The Morgan fingerprint density at radius 3 is 2.06 bits per heavy atom. The third-order valence-corrected chi connectivity index (χ3v) is 18.9. The predicted molar refractivity (Wildman–Crippen MR) is 274 cm³/mol. The monoisotopic (exact) mass is 943 g/mol. The summed E-state index contributed by atoms with van der Waals surface area (Å²) in [7, 11) is 1.71. The minimum absolute atomic E-state index is 0.0126. The maximum Gasteiger partial charge on any atom is 0.252 e. The van der Waals surface area contributed by atoms with E-state index in [1.165, 1.54) is 109 Å². The van der Waals surface area contributed by atoms with Gasteiger partial charge in [-0.15, -0.1) is 0 Å². The molecule has 69 heavy (non-hydrogen) atoms. The largest absolute Gasteiger partial charge is 0.494 e. The van der Waals surface area contributed by atoms with E-state index >= 15 is 0 Å². The third-order valence-electron chi connectivity index (χ3n) is 18.9. The number of piperazine rings is 1. The van der Waals surface area contributed by atoms with Gasteiger partial charge in [0.05, 0.1) is 18.3 Å². The lowest BCUT2D eigenvalue weighted by molar-refractivity contribution is -0.131. The van der Waals surface area contributed by atoms with Crippen LogP contribution in [-0.4, -0.2) is 83.2 Å². The number of hydrogen-bond donors (Lipinski definition) is 3. The van der Waals surface area contributed by atoms with Gasteiger partial charge in [-0.1, -0.05) is 51.4 Å². The van der Waals surface area contributed by atoms with Crippen molar-refractivity contribution in [2.75, 3.05) is 56.6 Å². The standard InChI is InChI=1S/C57H82N8O4/c1-39-23-51(67)65(57-34-43-27-44(35-57)33-56(32-43,38-57)62-53(68)45-13-14-45)52-47(39)37-59-54(61-52)60-48-16-15-46(28-49(48)69-2)64-21-19-63(20-22-64)18-12-10-8-6-4-3-5-7-9-11-17-58-50(66)36-55-29-40-24-41(30-55)26-42(25-40)31-55/h15-16,23,28,37,40-45H,3-14,17-22,24-27,29-36,38H2,1-2H3,(H,58,66)(H,62,68)(H,59,60,61). The van der Waals surface area contributed by atoms with Gasteiger partial charge >= 0.3 is 0 Å². The summed E-state index contributed by atoms with van der Waals surface area (Å²) < 4.78 is 7.97. The molecule has 2 aromatic heterocycles. The molecule has 1 saturated heterocycles. The smallest absolute Gasteiger partial charge is 0.252 e. The molecule has 0 spiro atoms. The van der Waals surface area contributed by atoms with Gasteiger partial charge in [-0.25, -0.2) is 4.98 Å². The van der Waals surface area contributed by atoms with Crippen LogP contribution in [0.25, 0.3) is 11.0 Å². The van der Waals surface area contributed by atoms with Crippen molar-refractivity contribution in [3.8, 4) is 5.75 Å². The van der Waals surface area contributed by atoms with Crippen LogP contribution < -0.4 is 31.1 Å². The van der Waals surface area contributed by atoms with Crippen LogP contribution in [0.15, 0.2) is 35.3 Å². The Kier molecular flexibility index (Phi) is 13.5. The zero-order valence-electron chi connectivity index (χ0n) is 42.1. The molecule has 3 N–H and O–H groups in total. The molecular formula is C57H82N8O4. The number of pyridine rings is 1. The average Bonchev–Trinajstić information content (AvgIpc) is 4.16. The first-order valence-electron chi connectivity index (χ1n) is 28.0. The Hall–Kier alpha value is -4.19. The van der Waals surface area contributed by atoms with Crippen LogP contribution in [0.2, 0.25) is 0 Å². The molecule has 8 bridgehead atoms. The third kappa shape index (κ3) is 10.3. The number of nitrogens with one attached hydrogen (secondary N) is 3. The maximum absolute atomic E-state index is 14.2. The van der Waals surface area contributed by atoms with Crippen LogP contribution in [0.1, 0.15) is 166 Å². The zero-order valence-corrected chi connectivity index (χ0v) is 42.1. The molecule has 9 saturated carbocycles. The van der Waals surface area contributed by atoms with Crippen LogP contribution >= 0.6 is 0 Å². The van der Waals surface area contributed by atoms with Crippen LogP contribution in [0.4, 0.5) is 17.3 Å². The second-order valence-electron chi connectivity index (χ2n) is 24.5. The van der Waals surface area contributed by atoms with Crippen molar-refractivity contribution in [1.82, 2.24) is 30.1 Å². The van der Waals surface area contributed by atoms with E-state index in [0.717, 1.165) is 136 Å². The van der Waals surface area contributed by atoms with Gasteiger partial charge in [-0.3, -0.25) is 23.9 Å². The summed E-state index contributed by atoms with van der Waals surface area (Å²) in [6, 6.07) is 8.10. The molecule has 12 nitrogen and oxygen atoms in total. The molecule has 12 heteroatoms. The first-order chi connectivity index (χ1) is 33.5. The number of amides is 2. The fourth-order valence-electron chi connectivity index (χ4n) is 16.4. The number of methoxy groups -OCH3 is 1. The number of ether oxygens (including phenoxy) is 1. The molecule has 1 aliphatic heterocycles. The summed E-state index contributed by atoms with van der Waals surface area (Å²) in [5.74, 6) is 5.63. The van der Waals surface area contributed by atoms with Crippen LogP contribution in [0.5, 0.6) is 5.75 Å². The topological polar surface area (TPSA) is 134 Å². The highest BCUT2D eigenvalue weighted by molar-refractivity contribution is 5.82. The molecule has 9 aliphatic carbocycles. The van der Waals surface area contributed by atoms with Gasteiger partial charge in [-0.2, -0.15) is 4.98 Å². The number of carbonyl (C=O) groups is 2. The molecule has 2 amide bonds. The van der Waals surface area contributed by atoms with E-state index in [0.29, 0.717) is 34.8 Å². The van der Waals surface area contributed by atoms with Crippen molar-refractivity contribution in [2.24, 2.45) is 40.9 Å². The second-order valence-corrected chi connectivity index (χ2v) is 24.5. The van der Waals surface area contributed by atoms with E-state index in [1.807, 2.05) is 17.7 Å². The summed E-state index contributed by atoms with van der Waals surface area (Å²) in [6.07, 6.45) is 31.8. The first-order valence-corrected chi connectivity index (χ1v) is 28.0. The van der Waals surface area contributed by atoms with E-state index in [2.05, 4.69) is 43.9 Å². The molecule has 2 unspecified atom stereocenters. The van der Waals surface area contributed by atoms with Gasteiger partial charge in [0.2, 0.25) is 17.8 Å². The van der Waals surface area contributed by atoms with Gasteiger partial charge in [0.1, 0.15) is 11.4 Å². The van der Waals surface area contributed by atoms with Gasteiger partial charge in [0.15, 0.2) is 0 Å². The Balaban J connectivity index is 0.598. The van der Waals surface area contributed by atoms with Gasteiger partial charge in [0, 0.05) is 80.0 Å². The maximum atomic E-state index is 14.2. The summed E-state index contributed by atoms with van der Waals surface area (Å²) in [4.78, 5) is 55.2. The number of carbonyl (C=O) groups excluding carboxylic acids is 2. The van der Waals surface area contributed by atoms with Crippen molar-refractivity contribution in [2.45, 2.75) is 179 Å². The van der Waals surface area contributed by atoms with Crippen molar-refractivity contribution in [1.29, 1.82) is 0 Å². The molecule has 0 radical (unpaired) electrons. The van der Waals surface area contributed by atoms with Crippen LogP contribution in [0, 0.1) is 47.8 Å². The number of anilines is 3. The highest BCUT2D eigenvalue weighted by Gasteiger charge is 2.60. The van der Waals surface area contributed by atoms with Gasteiger partial charge in [-0.05, 0) is 169 Å². The molecule has 13 rings (SSSR count). The highest BCUT2D eigenvalue weighted by atomic mass is 16.5. The molecule has 3 heterocycles.